The van der Waals surface area contributed by atoms with Gasteiger partial charge in [0, 0.05) is 5.56 Å². The summed E-state index contributed by atoms with van der Waals surface area (Å²) in [6, 6.07) is 9.93. The molecule has 0 unspecified atom stereocenters. The number of carbonyl (C=O) groups is 1. The van der Waals surface area contributed by atoms with Gasteiger partial charge in [-0.05, 0) is 42.2 Å². The third-order valence-electron chi connectivity index (χ3n) is 3.79. The Balaban J connectivity index is 2.03. The van der Waals surface area contributed by atoms with Crippen molar-refractivity contribution < 1.29 is 9.18 Å². The molecule has 2 aromatic carbocycles. The maximum atomic E-state index is 14.3. The average molecular weight is 309 g/mol. The number of hydrogen-bond acceptors (Lipinski definition) is 1. The first-order valence-electron chi connectivity index (χ1n) is 6.27. The monoisotopic (exact) mass is 308 g/mol. The zero-order valence-corrected chi connectivity index (χ0v) is 12.0. The molecule has 1 nitrogen and oxygen atoms in total. The van der Waals surface area contributed by atoms with Crippen LogP contribution in [-0.2, 0) is 10.2 Å². The molecule has 2 aromatic rings. The van der Waals surface area contributed by atoms with Gasteiger partial charge in [-0.25, -0.2) is 4.39 Å². The second-order valence-electron chi connectivity index (χ2n) is 5.10. The number of halogens is 3. The lowest BCUT2D eigenvalue weighted by molar-refractivity contribution is -0.109. The van der Waals surface area contributed by atoms with Crippen LogP contribution in [-0.4, -0.2) is 6.29 Å². The Morgan fingerprint density at radius 1 is 1.05 bits per heavy atom. The molecular weight excluding hydrogens is 298 g/mol. The maximum absolute atomic E-state index is 14.3. The van der Waals surface area contributed by atoms with Gasteiger partial charge in [-0.3, -0.25) is 0 Å². The first kappa shape index (κ1) is 13.6. The van der Waals surface area contributed by atoms with Gasteiger partial charge in [-0.2, -0.15) is 0 Å². The zero-order chi connectivity index (χ0) is 14.3. The minimum atomic E-state index is -0.461. The van der Waals surface area contributed by atoms with E-state index >= 15 is 0 Å². The van der Waals surface area contributed by atoms with Crippen LogP contribution in [0.5, 0.6) is 0 Å². The van der Waals surface area contributed by atoms with E-state index in [-0.39, 0.29) is 5.82 Å². The standard InChI is InChI=1S/C16H11Cl2FO/c17-13-4-1-10(7-14(13)18)12-3-2-11(8-15(12)19)16(9-20)5-6-16/h1-4,7-9H,5-6H2. The predicted octanol–water partition coefficient (Wildman–Crippen LogP) is 5.03. The van der Waals surface area contributed by atoms with E-state index in [0.717, 1.165) is 24.7 Å². The zero-order valence-electron chi connectivity index (χ0n) is 10.5. The van der Waals surface area contributed by atoms with Gasteiger partial charge in [0.25, 0.3) is 0 Å². The second-order valence-corrected chi connectivity index (χ2v) is 5.91. The van der Waals surface area contributed by atoms with Crippen LogP contribution in [0.3, 0.4) is 0 Å². The van der Waals surface area contributed by atoms with Crippen molar-refractivity contribution in [1.29, 1.82) is 0 Å². The van der Waals surface area contributed by atoms with Crippen molar-refractivity contribution >= 4 is 29.5 Å². The summed E-state index contributed by atoms with van der Waals surface area (Å²) in [5.74, 6) is -0.353. The van der Waals surface area contributed by atoms with Gasteiger partial charge in [0.05, 0.1) is 15.5 Å². The van der Waals surface area contributed by atoms with E-state index in [4.69, 9.17) is 23.2 Å². The second kappa shape index (κ2) is 4.87. The summed E-state index contributed by atoms with van der Waals surface area (Å²) in [7, 11) is 0. The highest BCUT2D eigenvalue weighted by atomic mass is 35.5. The van der Waals surface area contributed by atoms with E-state index in [1.54, 1.807) is 24.3 Å². The first-order chi connectivity index (χ1) is 9.55. The normalized spacial score (nSPS) is 15.9. The van der Waals surface area contributed by atoms with Crippen LogP contribution in [0.15, 0.2) is 36.4 Å². The van der Waals surface area contributed by atoms with E-state index in [1.165, 1.54) is 6.07 Å². The quantitative estimate of drug-likeness (QED) is 0.727. The fourth-order valence-corrected chi connectivity index (χ4v) is 2.63. The Morgan fingerprint density at radius 2 is 1.80 bits per heavy atom. The molecule has 0 bridgehead atoms. The summed E-state index contributed by atoms with van der Waals surface area (Å²) in [5.41, 5.74) is 1.40. The van der Waals surface area contributed by atoms with Gasteiger partial charge in [-0.15, -0.1) is 0 Å². The third-order valence-corrected chi connectivity index (χ3v) is 4.53. The summed E-state index contributed by atoms with van der Waals surface area (Å²) in [5, 5.41) is 0.824. The maximum Gasteiger partial charge on any atom is 0.131 e. The molecule has 0 spiro atoms. The minimum absolute atomic E-state index is 0.353. The van der Waals surface area contributed by atoms with E-state index < -0.39 is 5.41 Å². The molecule has 3 rings (SSSR count). The van der Waals surface area contributed by atoms with Crippen molar-refractivity contribution in [3.05, 3.63) is 57.8 Å². The van der Waals surface area contributed by atoms with Crippen LogP contribution in [0.2, 0.25) is 10.0 Å². The summed E-state index contributed by atoms with van der Waals surface area (Å²) >= 11 is 11.8. The van der Waals surface area contributed by atoms with Crippen molar-refractivity contribution in [2.75, 3.05) is 0 Å². The van der Waals surface area contributed by atoms with Crippen molar-refractivity contribution in [3.63, 3.8) is 0 Å². The number of benzene rings is 2. The average Bonchev–Trinajstić information content (AvgIpc) is 3.23. The fourth-order valence-electron chi connectivity index (χ4n) is 2.33. The molecule has 102 valence electrons. The molecule has 0 heterocycles. The molecule has 0 atom stereocenters. The topological polar surface area (TPSA) is 17.1 Å². The highest BCUT2D eigenvalue weighted by Crippen LogP contribution is 2.47. The summed E-state index contributed by atoms with van der Waals surface area (Å²) < 4.78 is 14.3. The Kier molecular flexibility index (Phi) is 3.31. The predicted molar refractivity (Wildman–Crippen MR) is 78.8 cm³/mol. The van der Waals surface area contributed by atoms with E-state index in [1.807, 2.05) is 6.07 Å². The molecule has 0 aromatic heterocycles. The molecule has 0 aliphatic heterocycles. The van der Waals surface area contributed by atoms with Gasteiger partial charge in [0.15, 0.2) is 0 Å². The SMILES string of the molecule is O=CC1(c2ccc(-c3ccc(Cl)c(Cl)c3)c(F)c2)CC1. The molecule has 1 aliphatic rings. The largest absolute Gasteiger partial charge is 0.302 e. The Hall–Kier alpha value is -1.38. The van der Waals surface area contributed by atoms with Crippen LogP contribution in [0, 0.1) is 5.82 Å². The molecule has 1 saturated carbocycles. The summed E-state index contributed by atoms with van der Waals surface area (Å²) in [6.45, 7) is 0. The minimum Gasteiger partial charge on any atom is -0.302 e. The van der Waals surface area contributed by atoms with Crippen LogP contribution < -0.4 is 0 Å². The van der Waals surface area contributed by atoms with Gasteiger partial charge in [0.1, 0.15) is 12.1 Å². The molecule has 0 saturated heterocycles. The molecule has 1 fully saturated rings. The summed E-state index contributed by atoms with van der Waals surface area (Å²) in [4.78, 5) is 11.1. The Labute approximate surface area is 126 Å². The first-order valence-corrected chi connectivity index (χ1v) is 7.03. The van der Waals surface area contributed by atoms with Gasteiger partial charge in [0.2, 0.25) is 0 Å². The van der Waals surface area contributed by atoms with Crippen LogP contribution in [0.4, 0.5) is 4.39 Å². The molecule has 20 heavy (non-hydrogen) atoms. The van der Waals surface area contributed by atoms with E-state index in [2.05, 4.69) is 0 Å². The molecule has 1 aliphatic carbocycles. The smallest absolute Gasteiger partial charge is 0.131 e. The number of aldehydes is 1. The van der Waals surface area contributed by atoms with Gasteiger partial charge in [-0.1, -0.05) is 41.4 Å². The molecule has 0 amide bonds. The van der Waals surface area contributed by atoms with Gasteiger partial charge < -0.3 is 4.79 Å². The number of carbonyl (C=O) groups excluding carboxylic acids is 1. The highest BCUT2D eigenvalue weighted by Gasteiger charge is 2.44. The number of hydrogen-bond donors (Lipinski definition) is 0. The summed E-state index contributed by atoms with van der Waals surface area (Å²) in [6.07, 6.45) is 2.50. The molecular formula is C16H11Cl2FO. The van der Waals surface area contributed by atoms with Crippen LogP contribution >= 0.6 is 23.2 Å². The van der Waals surface area contributed by atoms with E-state index in [0.29, 0.717) is 21.2 Å². The highest BCUT2D eigenvalue weighted by molar-refractivity contribution is 6.42. The van der Waals surface area contributed by atoms with Crippen LogP contribution in [0.25, 0.3) is 11.1 Å². The molecule has 4 heteroatoms. The van der Waals surface area contributed by atoms with Gasteiger partial charge >= 0.3 is 0 Å². The van der Waals surface area contributed by atoms with Crippen molar-refractivity contribution in [2.45, 2.75) is 18.3 Å². The lowest BCUT2D eigenvalue weighted by Gasteiger charge is -2.11. The number of rotatable bonds is 3. The van der Waals surface area contributed by atoms with Crippen molar-refractivity contribution in [1.82, 2.24) is 0 Å². The lowest BCUT2D eigenvalue weighted by atomic mass is 9.94. The lowest BCUT2D eigenvalue weighted by Crippen LogP contribution is -2.08. The Bertz CT molecular complexity index is 693. The van der Waals surface area contributed by atoms with Crippen molar-refractivity contribution in [2.24, 2.45) is 0 Å². The Morgan fingerprint density at radius 3 is 2.35 bits per heavy atom. The third kappa shape index (κ3) is 2.23. The molecule has 0 radical (unpaired) electrons. The fraction of sp³-hybridized carbons (Fsp3) is 0.188. The van der Waals surface area contributed by atoms with Crippen LogP contribution in [0.1, 0.15) is 18.4 Å². The molecule has 0 N–H and O–H groups in total. The van der Waals surface area contributed by atoms with Crippen molar-refractivity contribution in [3.8, 4) is 11.1 Å². The van der Waals surface area contributed by atoms with E-state index in [9.17, 15) is 9.18 Å².